The number of benzene rings is 2. The molecule has 2 aromatic carbocycles. The normalized spacial score (nSPS) is 15.1. The zero-order valence-electron chi connectivity index (χ0n) is 17.2. The molecular weight excluding hydrogens is 370 g/mol. The van der Waals surface area contributed by atoms with Crippen LogP contribution in [0.15, 0.2) is 30.3 Å². The van der Waals surface area contributed by atoms with Crippen molar-refractivity contribution in [1.29, 1.82) is 0 Å². The minimum atomic E-state index is -1.08. The second kappa shape index (κ2) is 10.8. The van der Waals surface area contributed by atoms with Crippen molar-refractivity contribution in [3.63, 3.8) is 0 Å². The summed E-state index contributed by atoms with van der Waals surface area (Å²) in [6.07, 6.45) is 4.00. The number of hydrogen-bond donors (Lipinski definition) is 3. The van der Waals surface area contributed by atoms with Gasteiger partial charge in [0.1, 0.15) is 5.75 Å². The Hall–Kier alpha value is -2.60. The summed E-state index contributed by atoms with van der Waals surface area (Å²) in [4.78, 5) is 21.9. The molecule has 1 aliphatic carbocycles. The maximum absolute atomic E-state index is 9.98. The van der Waals surface area contributed by atoms with Crippen molar-refractivity contribution < 1.29 is 24.9 Å². The molecule has 0 amide bonds. The van der Waals surface area contributed by atoms with E-state index in [2.05, 4.69) is 36.9 Å². The second-order valence-electron chi connectivity index (χ2n) is 7.51. The summed E-state index contributed by atoms with van der Waals surface area (Å²) in [6, 6.07) is 10.9. The Morgan fingerprint density at radius 3 is 2.10 bits per heavy atom. The number of aliphatic carboxylic acids is 2. The zero-order chi connectivity index (χ0) is 21.4. The van der Waals surface area contributed by atoms with E-state index in [0.717, 1.165) is 12.8 Å². The van der Waals surface area contributed by atoms with Gasteiger partial charge in [-0.25, -0.2) is 0 Å². The van der Waals surface area contributed by atoms with E-state index in [0.29, 0.717) is 11.8 Å². The van der Waals surface area contributed by atoms with Gasteiger partial charge in [0.15, 0.2) is 0 Å². The van der Waals surface area contributed by atoms with Crippen LogP contribution in [0.25, 0.3) is 10.8 Å². The number of hydrogen-bond acceptors (Lipinski definition) is 4. The number of aromatic hydroxyl groups is 1. The van der Waals surface area contributed by atoms with Crippen LogP contribution in [0.4, 0.5) is 0 Å². The molecule has 0 aromatic heterocycles. The quantitative estimate of drug-likeness (QED) is 0.617. The van der Waals surface area contributed by atoms with Crippen LogP contribution < -0.4 is 0 Å². The van der Waals surface area contributed by atoms with Crippen LogP contribution >= 0.6 is 0 Å². The third-order valence-corrected chi connectivity index (χ3v) is 5.13. The van der Waals surface area contributed by atoms with Crippen molar-refractivity contribution in [2.75, 3.05) is 13.1 Å². The number of carboxylic acids is 2. The van der Waals surface area contributed by atoms with Crippen molar-refractivity contribution in [2.45, 2.75) is 58.4 Å². The number of carboxylic acid groups (broad SMARTS) is 2. The predicted octanol–water partition coefficient (Wildman–Crippen LogP) is 4.07. The first-order valence-corrected chi connectivity index (χ1v) is 10.3. The van der Waals surface area contributed by atoms with Crippen molar-refractivity contribution in [3.05, 3.63) is 41.5 Å². The topological polar surface area (TPSA) is 98.1 Å². The van der Waals surface area contributed by atoms with Crippen LogP contribution in [0.3, 0.4) is 0 Å². The van der Waals surface area contributed by atoms with E-state index in [9.17, 15) is 14.7 Å². The number of phenolic OH excluding ortho intramolecular Hbond substituents is 1. The lowest BCUT2D eigenvalue weighted by molar-refractivity contribution is -0.143. The van der Waals surface area contributed by atoms with Crippen molar-refractivity contribution in [2.24, 2.45) is 0 Å². The smallest absolute Gasteiger partial charge is 0.303 e. The predicted molar refractivity (Wildman–Crippen MR) is 113 cm³/mol. The Kier molecular flexibility index (Phi) is 8.46. The van der Waals surface area contributed by atoms with E-state index in [1.807, 2.05) is 12.1 Å². The van der Waals surface area contributed by atoms with Crippen molar-refractivity contribution >= 4 is 22.7 Å². The monoisotopic (exact) mass is 401 g/mol. The Bertz CT molecular complexity index is 829. The Morgan fingerprint density at radius 2 is 1.55 bits per heavy atom. The molecule has 1 aliphatic rings. The van der Waals surface area contributed by atoms with Crippen LogP contribution in [-0.2, 0) is 22.4 Å². The van der Waals surface area contributed by atoms with Gasteiger partial charge in [0.25, 0.3) is 0 Å². The first-order chi connectivity index (χ1) is 13.8. The van der Waals surface area contributed by atoms with E-state index >= 15 is 0 Å². The highest BCUT2D eigenvalue weighted by molar-refractivity contribution is 5.91. The molecule has 2 aromatic rings. The molecule has 0 aliphatic heterocycles. The Balaban J connectivity index is 0.000000321. The van der Waals surface area contributed by atoms with Crippen LogP contribution in [-0.4, -0.2) is 51.3 Å². The molecule has 6 nitrogen and oxygen atoms in total. The van der Waals surface area contributed by atoms with E-state index in [1.54, 1.807) is 0 Å². The summed E-state index contributed by atoms with van der Waals surface area (Å²) in [7, 11) is 0. The molecule has 3 N–H and O–H groups in total. The molecule has 0 fully saturated rings. The maximum Gasteiger partial charge on any atom is 0.303 e. The second-order valence-corrected chi connectivity index (χ2v) is 7.51. The maximum atomic E-state index is 9.98. The number of carbonyl (C=O) groups is 2. The number of rotatable bonds is 8. The first kappa shape index (κ1) is 22.7. The zero-order valence-corrected chi connectivity index (χ0v) is 17.2. The van der Waals surface area contributed by atoms with Gasteiger partial charge in [-0.2, -0.15) is 0 Å². The Morgan fingerprint density at radius 1 is 0.966 bits per heavy atom. The van der Waals surface area contributed by atoms with Crippen molar-refractivity contribution in [3.8, 4) is 5.75 Å². The molecule has 0 spiro atoms. The van der Waals surface area contributed by atoms with Gasteiger partial charge in [-0.3, -0.25) is 14.5 Å². The molecule has 1 unspecified atom stereocenters. The Labute approximate surface area is 171 Å². The van der Waals surface area contributed by atoms with Gasteiger partial charge in [0.05, 0.1) is 12.8 Å². The SMILES string of the molecule is CCCN(CCC)C1Cc2cccc3cc(O)cc(c23)C1.O=C(O)CCC(=O)O. The van der Waals surface area contributed by atoms with Crippen LogP contribution in [0.2, 0.25) is 0 Å². The molecule has 1 atom stereocenters. The van der Waals surface area contributed by atoms with E-state index < -0.39 is 11.9 Å². The summed E-state index contributed by atoms with van der Waals surface area (Å²) in [6.45, 7) is 6.85. The van der Waals surface area contributed by atoms with Crippen LogP contribution in [0, 0.1) is 0 Å². The molecule has 29 heavy (non-hydrogen) atoms. The summed E-state index contributed by atoms with van der Waals surface area (Å²) < 4.78 is 0. The van der Waals surface area contributed by atoms with Gasteiger partial charge in [0.2, 0.25) is 0 Å². The fraction of sp³-hybridized carbons (Fsp3) is 0.478. The summed E-state index contributed by atoms with van der Waals surface area (Å²) >= 11 is 0. The fourth-order valence-corrected chi connectivity index (χ4v) is 4.02. The summed E-state index contributed by atoms with van der Waals surface area (Å²) in [5.41, 5.74) is 2.75. The average molecular weight is 402 g/mol. The van der Waals surface area contributed by atoms with Gasteiger partial charge < -0.3 is 15.3 Å². The van der Waals surface area contributed by atoms with Gasteiger partial charge in [-0.05, 0) is 72.8 Å². The highest BCUT2D eigenvalue weighted by Crippen LogP contribution is 2.34. The van der Waals surface area contributed by atoms with E-state index in [4.69, 9.17) is 10.2 Å². The largest absolute Gasteiger partial charge is 0.508 e. The molecule has 0 saturated carbocycles. The molecule has 0 bridgehead atoms. The molecule has 0 saturated heterocycles. The van der Waals surface area contributed by atoms with E-state index in [-0.39, 0.29) is 12.8 Å². The standard InChI is InChI=1S/C19H25NO.C4H6O4/c1-3-8-20(9-4-2)17-10-14-6-5-7-15-12-18(21)13-16(11-17)19(14)15;5-3(6)1-2-4(7)8/h5-7,12-13,17,21H,3-4,8-11H2,1-2H3;1-2H2,(H,5,6)(H,7,8). The third kappa shape index (κ3) is 6.46. The number of phenols is 1. The highest BCUT2D eigenvalue weighted by atomic mass is 16.4. The molecule has 158 valence electrons. The number of nitrogens with zero attached hydrogens (tertiary/aromatic N) is 1. The van der Waals surface area contributed by atoms with Gasteiger partial charge >= 0.3 is 11.9 Å². The fourth-order valence-electron chi connectivity index (χ4n) is 4.02. The van der Waals surface area contributed by atoms with Crippen LogP contribution in [0.5, 0.6) is 5.75 Å². The molecule has 3 rings (SSSR count). The first-order valence-electron chi connectivity index (χ1n) is 10.3. The third-order valence-electron chi connectivity index (χ3n) is 5.13. The highest BCUT2D eigenvalue weighted by Gasteiger charge is 2.25. The van der Waals surface area contributed by atoms with Crippen LogP contribution in [0.1, 0.15) is 50.7 Å². The lowest BCUT2D eigenvalue weighted by atomic mass is 9.84. The van der Waals surface area contributed by atoms with Gasteiger partial charge in [0, 0.05) is 6.04 Å². The lowest BCUT2D eigenvalue weighted by Crippen LogP contribution is -2.41. The molecular formula is C23H31NO5. The summed E-state index contributed by atoms with van der Waals surface area (Å²) in [5, 5.41) is 28.3. The lowest BCUT2D eigenvalue weighted by Gasteiger charge is -2.35. The molecule has 0 radical (unpaired) electrons. The van der Waals surface area contributed by atoms with Gasteiger partial charge in [-0.1, -0.05) is 32.0 Å². The van der Waals surface area contributed by atoms with Gasteiger partial charge in [-0.15, -0.1) is 0 Å². The average Bonchev–Trinajstić information content (AvgIpc) is 2.66. The molecule has 6 heteroatoms. The molecule has 0 heterocycles. The summed E-state index contributed by atoms with van der Waals surface area (Å²) in [5.74, 6) is -1.76. The minimum Gasteiger partial charge on any atom is -0.508 e. The van der Waals surface area contributed by atoms with Crippen molar-refractivity contribution in [1.82, 2.24) is 4.90 Å². The van der Waals surface area contributed by atoms with E-state index in [1.165, 1.54) is 47.8 Å². The minimum absolute atomic E-state index is 0.296.